The van der Waals surface area contributed by atoms with Crippen LogP contribution in [0.3, 0.4) is 0 Å². The van der Waals surface area contributed by atoms with Crippen molar-refractivity contribution in [2.24, 2.45) is 5.92 Å². The first kappa shape index (κ1) is 8.19. The average molecular weight is 177 g/mol. The van der Waals surface area contributed by atoms with Crippen LogP contribution in [0, 0.1) is 5.92 Å². The molecule has 0 saturated carbocycles. The van der Waals surface area contributed by atoms with Gasteiger partial charge in [-0.2, -0.15) is 0 Å². The van der Waals surface area contributed by atoms with Crippen LogP contribution in [-0.2, 0) is 13.2 Å². The van der Waals surface area contributed by atoms with Crippen LogP contribution in [0.15, 0.2) is 30.5 Å². The van der Waals surface area contributed by atoms with Crippen LogP contribution < -0.4 is 0 Å². The summed E-state index contributed by atoms with van der Waals surface area (Å²) in [6.07, 6.45) is 10.0. The molecule has 13 heavy (non-hydrogen) atoms. The molecule has 1 aliphatic carbocycles. The van der Waals surface area contributed by atoms with Gasteiger partial charge in [0, 0.05) is 5.92 Å². The van der Waals surface area contributed by atoms with Crippen LogP contribution >= 0.6 is 0 Å². The third-order valence-electron chi connectivity index (χ3n) is 1.97. The minimum Gasteiger partial charge on any atom is -0.390 e. The minimum absolute atomic E-state index is 0.0453. The van der Waals surface area contributed by atoms with Crippen LogP contribution in [-0.4, -0.2) is 20.1 Å². The molecule has 0 aliphatic heterocycles. The number of aromatic nitrogens is 3. The van der Waals surface area contributed by atoms with Crippen molar-refractivity contribution >= 4 is 0 Å². The predicted octanol–water partition coefficient (Wildman–Crippen LogP) is 0.513. The summed E-state index contributed by atoms with van der Waals surface area (Å²) in [5.41, 5.74) is 0.617. The molecule has 4 heteroatoms. The highest BCUT2D eigenvalue weighted by Crippen LogP contribution is 2.10. The standard InChI is InChI=1S/C9H11N3O/c13-7-9-6-12(11-10-9)5-8-3-1-2-4-8/h1-4,6,8,13H,5,7H2. The van der Waals surface area contributed by atoms with Gasteiger partial charge in [-0.05, 0) is 0 Å². The monoisotopic (exact) mass is 177 g/mol. The van der Waals surface area contributed by atoms with E-state index in [1.54, 1.807) is 10.9 Å². The highest BCUT2D eigenvalue weighted by atomic mass is 16.3. The lowest BCUT2D eigenvalue weighted by Gasteiger charge is -2.02. The van der Waals surface area contributed by atoms with Crippen molar-refractivity contribution in [3.05, 3.63) is 36.2 Å². The molecule has 1 N–H and O–H groups in total. The molecule has 0 amide bonds. The number of rotatable bonds is 3. The molecule has 0 fully saturated rings. The summed E-state index contributed by atoms with van der Waals surface area (Å²) >= 11 is 0. The summed E-state index contributed by atoms with van der Waals surface area (Å²) in [6.45, 7) is 0.746. The summed E-state index contributed by atoms with van der Waals surface area (Å²) in [5, 5.41) is 16.4. The molecule has 0 spiro atoms. The molecule has 2 rings (SSSR count). The van der Waals surface area contributed by atoms with Crippen LogP contribution in [0.25, 0.3) is 0 Å². The number of aliphatic hydroxyl groups excluding tert-OH is 1. The Morgan fingerprint density at radius 3 is 2.77 bits per heavy atom. The van der Waals surface area contributed by atoms with Gasteiger partial charge in [0.1, 0.15) is 5.69 Å². The number of aliphatic hydroxyl groups is 1. The van der Waals surface area contributed by atoms with Gasteiger partial charge in [-0.3, -0.25) is 4.68 Å². The quantitative estimate of drug-likeness (QED) is 0.732. The molecule has 68 valence electrons. The van der Waals surface area contributed by atoms with Gasteiger partial charge in [0.15, 0.2) is 0 Å². The highest BCUT2D eigenvalue weighted by molar-refractivity contribution is 5.17. The summed E-state index contributed by atoms with van der Waals surface area (Å²) in [7, 11) is 0. The minimum atomic E-state index is -0.0453. The van der Waals surface area contributed by atoms with Crippen molar-refractivity contribution in [1.29, 1.82) is 0 Å². The van der Waals surface area contributed by atoms with Crippen LogP contribution in [0.2, 0.25) is 0 Å². The van der Waals surface area contributed by atoms with Gasteiger partial charge in [-0.25, -0.2) is 0 Å². The Bertz CT molecular complexity index is 328. The Morgan fingerprint density at radius 2 is 2.15 bits per heavy atom. The van der Waals surface area contributed by atoms with Gasteiger partial charge in [-0.1, -0.05) is 29.5 Å². The van der Waals surface area contributed by atoms with E-state index in [0.29, 0.717) is 11.6 Å². The third kappa shape index (κ3) is 1.84. The average Bonchev–Trinajstić information content (AvgIpc) is 2.76. The second-order valence-electron chi connectivity index (χ2n) is 3.02. The summed E-state index contributed by atoms with van der Waals surface area (Å²) in [5.74, 6) is 0.410. The van der Waals surface area contributed by atoms with Gasteiger partial charge in [0.25, 0.3) is 0 Å². The molecule has 0 aromatic carbocycles. The lowest BCUT2D eigenvalue weighted by molar-refractivity contribution is 0.276. The van der Waals surface area contributed by atoms with E-state index in [-0.39, 0.29) is 6.61 Å². The lowest BCUT2D eigenvalue weighted by atomic mass is 10.2. The van der Waals surface area contributed by atoms with E-state index < -0.39 is 0 Å². The zero-order chi connectivity index (χ0) is 9.10. The number of hydrogen-bond donors (Lipinski definition) is 1. The van der Waals surface area contributed by atoms with E-state index in [2.05, 4.69) is 22.5 Å². The van der Waals surface area contributed by atoms with Crippen molar-refractivity contribution in [2.45, 2.75) is 13.2 Å². The largest absolute Gasteiger partial charge is 0.390 e. The summed E-state index contributed by atoms with van der Waals surface area (Å²) in [6, 6.07) is 0. The Labute approximate surface area is 76.2 Å². The first-order chi connectivity index (χ1) is 6.38. The predicted molar refractivity (Wildman–Crippen MR) is 47.7 cm³/mol. The Balaban J connectivity index is 2.01. The molecule has 1 aromatic heterocycles. The fourth-order valence-electron chi connectivity index (χ4n) is 1.32. The van der Waals surface area contributed by atoms with Gasteiger partial charge in [-0.15, -0.1) is 5.10 Å². The number of hydrogen-bond acceptors (Lipinski definition) is 3. The van der Waals surface area contributed by atoms with Gasteiger partial charge in [0.2, 0.25) is 0 Å². The molecular formula is C9H11N3O. The molecule has 4 nitrogen and oxygen atoms in total. The van der Waals surface area contributed by atoms with E-state index in [1.807, 2.05) is 12.2 Å². The Hall–Kier alpha value is -1.42. The first-order valence-corrected chi connectivity index (χ1v) is 4.23. The fourth-order valence-corrected chi connectivity index (χ4v) is 1.32. The molecule has 0 saturated heterocycles. The van der Waals surface area contributed by atoms with E-state index in [1.165, 1.54) is 0 Å². The SMILES string of the molecule is OCc1cn(CC2C=CC=C2)nn1. The molecule has 0 radical (unpaired) electrons. The number of nitrogens with zero attached hydrogens (tertiary/aromatic N) is 3. The molecule has 0 bridgehead atoms. The smallest absolute Gasteiger partial charge is 0.108 e. The normalized spacial score (nSPS) is 15.8. The molecular weight excluding hydrogens is 166 g/mol. The Kier molecular flexibility index (Phi) is 2.23. The topological polar surface area (TPSA) is 50.9 Å². The molecule has 1 aromatic rings. The summed E-state index contributed by atoms with van der Waals surface area (Å²) < 4.78 is 1.75. The van der Waals surface area contributed by atoms with Crippen LogP contribution in [0.4, 0.5) is 0 Å². The van der Waals surface area contributed by atoms with Crippen molar-refractivity contribution in [3.8, 4) is 0 Å². The van der Waals surface area contributed by atoms with Gasteiger partial charge in [0.05, 0.1) is 19.3 Å². The molecule has 0 atom stereocenters. The van der Waals surface area contributed by atoms with E-state index >= 15 is 0 Å². The van der Waals surface area contributed by atoms with E-state index in [9.17, 15) is 0 Å². The maximum atomic E-state index is 8.77. The van der Waals surface area contributed by atoms with Crippen molar-refractivity contribution in [1.82, 2.24) is 15.0 Å². The van der Waals surface area contributed by atoms with E-state index in [0.717, 1.165) is 6.54 Å². The summed E-state index contributed by atoms with van der Waals surface area (Å²) in [4.78, 5) is 0. The maximum absolute atomic E-state index is 8.77. The lowest BCUT2D eigenvalue weighted by Crippen LogP contribution is -2.05. The van der Waals surface area contributed by atoms with E-state index in [4.69, 9.17) is 5.11 Å². The van der Waals surface area contributed by atoms with Crippen LogP contribution in [0.5, 0.6) is 0 Å². The highest BCUT2D eigenvalue weighted by Gasteiger charge is 2.06. The van der Waals surface area contributed by atoms with Crippen molar-refractivity contribution in [3.63, 3.8) is 0 Å². The van der Waals surface area contributed by atoms with Crippen molar-refractivity contribution in [2.75, 3.05) is 0 Å². The Morgan fingerprint density at radius 1 is 1.38 bits per heavy atom. The maximum Gasteiger partial charge on any atom is 0.108 e. The molecule has 0 unspecified atom stereocenters. The number of allylic oxidation sites excluding steroid dienone is 4. The second kappa shape index (κ2) is 3.53. The van der Waals surface area contributed by atoms with Gasteiger partial charge >= 0.3 is 0 Å². The zero-order valence-corrected chi connectivity index (χ0v) is 7.17. The fraction of sp³-hybridized carbons (Fsp3) is 0.333. The molecule has 1 aliphatic rings. The first-order valence-electron chi connectivity index (χ1n) is 4.23. The molecule has 1 heterocycles. The second-order valence-corrected chi connectivity index (χ2v) is 3.02. The van der Waals surface area contributed by atoms with Crippen molar-refractivity contribution < 1.29 is 5.11 Å². The van der Waals surface area contributed by atoms with Crippen LogP contribution in [0.1, 0.15) is 5.69 Å². The van der Waals surface area contributed by atoms with Gasteiger partial charge < -0.3 is 5.11 Å². The zero-order valence-electron chi connectivity index (χ0n) is 7.17. The third-order valence-corrected chi connectivity index (χ3v) is 1.97.